The van der Waals surface area contributed by atoms with Gasteiger partial charge in [0.05, 0.1) is 12.4 Å². The van der Waals surface area contributed by atoms with Gasteiger partial charge in [-0.05, 0) is 24.6 Å². The molecular weight excluding hydrogens is 420 g/mol. The summed E-state index contributed by atoms with van der Waals surface area (Å²) in [5, 5.41) is 8.07. The quantitative estimate of drug-likeness (QED) is 0.459. The molecule has 0 amide bonds. The number of hydrogen-bond acceptors (Lipinski definition) is 7. The van der Waals surface area contributed by atoms with Crippen molar-refractivity contribution in [3.05, 3.63) is 82.2 Å². The molecule has 0 saturated heterocycles. The first-order valence-corrected chi connectivity index (χ1v) is 9.52. The number of hydrogen-bond donors (Lipinski definition) is 1. The maximum absolute atomic E-state index is 13.9. The fraction of sp³-hybridized carbons (Fsp3) is 0.143. The zero-order chi connectivity index (χ0) is 22.8. The number of nitrogen functional groups attached to an aromatic ring is 1. The molecule has 0 radical (unpaired) electrons. The molecular formula is C21H17F2N7O2. The van der Waals surface area contributed by atoms with E-state index >= 15 is 0 Å². The van der Waals surface area contributed by atoms with Crippen molar-refractivity contribution in [3.63, 3.8) is 0 Å². The number of pyridine rings is 1. The van der Waals surface area contributed by atoms with Crippen LogP contribution in [0.3, 0.4) is 0 Å². The topological polar surface area (TPSA) is 122 Å². The van der Waals surface area contributed by atoms with Gasteiger partial charge in [0.2, 0.25) is 11.4 Å². The predicted molar refractivity (Wildman–Crippen MR) is 111 cm³/mol. The van der Waals surface area contributed by atoms with Crippen LogP contribution in [0.25, 0.3) is 17.1 Å². The van der Waals surface area contributed by atoms with Crippen molar-refractivity contribution in [2.45, 2.75) is 12.8 Å². The molecule has 0 aliphatic rings. The number of nitrogens with zero attached hydrogens (tertiary/aromatic N) is 6. The van der Waals surface area contributed by atoms with Crippen LogP contribution in [-0.2, 0) is 13.5 Å². The minimum Gasteiger partial charge on any atom is -0.382 e. The van der Waals surface area contributed by atoms with Gasteiger partial charge in [0, 0.05) is 36.9 Å². The molecule has 0 spiro atoms. The number of carbonyl (C=O) groups excluding carboxylic acids is 1. The Hall–Kier alpha value is -4.28. The maximum Gasteiger partial charge on any atom is 0.250 e. The molecule has 11 heteroatoms. The Balaban J connectivity index is 1.75. The van der Waals surface area contributed by atoms with Crippen LogP contribution >= 0.6 is 0 Å². The van der Waals surface area contributed by atoms with Crippen LogP contribution in [0.5, 0.6) is 0 Å². The van der Waals surface area contributed by atoms with Gasteiger partial charge in [0.1, 0.15) is 23.0 Å². The molecule has 0 fully saturated rings. The average Bonchev–Trinajstić information content (AvgIpc) is 3.30. The van der Waals surface area contributed by atoms with Gasteiger partial charge in [0.15, 0.2) is 11.6 Å². The van der Waals surface area contributed by atoms with E-state index in [0.717, 1.165) is 12.1 Å². The van der Waals surface area contributed by atoms with Gasteiger partial charge in [-0.25, -0.2) is 18.7 Å². The third-order valence-electron chi connectivity index (χ3n) is 4.80. The second-order valence-electron chi connectivity index (χ2n) is 6.94. The number of halogens is 2. The molecule has 0 saturated carbocycles. The van der Waals surface area contributed by atoms with E-state index in [1.807, 2.05) is 0 Å². The van der Waals surface area contributed by atoms with E-state index in [0.29, 0.717) is 5.56 Å². The zero-order valence-corrected chi connectivity index (χ0v) is 16.9. The number of carbonyl (C=O) groups is 1. The largest absolute Gasteiger partial charge is 0.382 e. The summed E-state index contributed by atoms with van der Waals surface area (Å²) in [5.41, 5.74) is 6.10. The summed E-state index contributed by atoms with van der Waals surface area (Å²) in [5.74, 6) is -2.03. The van der Waals surface area contributed by atoms with E-state index in [9.17, 15) is 18.4 Å². The Bertz CT molecular complexity index is 1350. The number of benzene rings is 1. The molecule has 0 bridgehead atoms. The summed E-state index contributed by atoms with van der Waals surface area (Å²) in [4.78, 5) is 34.5. The second kappa shape index (κ2) is 8.46. The van der Waals surface area contributed by atoms with E-state index in [2.05, 4.69) is 20.2 Å². The SMILES string of the molecule is Cn1cc(-c2nc(C(=O)CCc3c(F)cccc3F)c(N)nc2-n2nccn2)ccc1=O. The molecule has 0 atom stereocenters. The van der Waals surface area contributed by atoms with E-state index in [1.54, 1.807) is 7.05 Å². The highest BCUT2D eigenvalue weighted by atomic mass is 19.1. The monoisotopic (exact) mass is 437 g/mol. The fourth-order valence-electron chi connectivity index (χ4n) is 3.16. The third kappa shape index (κ3) is 4.00. The molecule has 3 heterocycles. The van der Waals surface area contributed by atoms with Crippen LogP contribution in [0.15, 0.2) is 53.7 Å². The molecule has 1 aromatic carbocycles. The van der Waals surface area contributed by atoms with Gasteiger partial charge < -0.3 is 10.3 Å². The summed E-state index contributed by atoms with van der Waals surface area (Å²) in [6.45, 7) is 0. The van der Waals surface area contributed by atoms with Crippen LogP contribution < -0.4 is 11.3 Å². The van der Waals surface area contributed by atoms with Crippen molar-refractivity contribution in [2.75, 3.05) is 5.73 Å². The highest BCUT2D eigenvalue weighted by Gasteiger charge is 2.22. The Morgan fingerprint density at radius 3 is 2.41 bits per heavy atom. The third-order valence-corrected chi connectivity index (χ3v) is 4.80. The average molecular weight is 437 g/mol. The van der Waals surface area contributed by atoms with Crippen LogP contribution in [-0.4, -0.2) is 35.3 Å². The lowest BCUT2D eigenvalue weighted by Gasteiger charge is -2.12. The van der Waals surface area contributed by atoms with Gasteiger partial charge in [-0.2, -0.15) is 10.2 Å². The summed E-state index contributed by atoms with van der Waals surface area (Å²) in [7, 11) is 1.57. The molecule has 162 valence electrons. The van der Waals surface area contributed by atoms with Crippen LogP contribution in [0, 0.1) is 11.6 Å². The minimum absolute atomic E-state index is 0.151. The van der Waals surface area contributed by atoms with Crippen LogP contribution in [0.4, 0.5) is 14.6 Å². The summed E-state index contributed by atoms with van der Waals surface area (Å²) in [6, 6.07) is 6.37. The number of nitrogens with two attached hydrogens (primary N) is 1. The lowest BCUT2D eigenvalue weighted by molar-refractivity contribution is 0.0978. The van der Waals surface area contributed by atoms with E-state index in [1.165, 1.54) is 46.2 Å². The highest BCUT2D eigenvalue weighted by molar-refractivity contribution is 5.99. The molecule has 32 heavy (non-hydrogen) atoms. The molecule has 0 aliphatic heterocycles. The highest BCUT2D eigenvalue weighted by Crippen LogP contribution is 2.25. The van der Waals surface area contributed by atoms with Crippen molar-refractivity contribution in [3.8, 4) is 17.1 Å². The standard InChI is InChI=1S/C21H17F2N7O2/c1-29-11-12(5-8-17(29)32)18-21(30-25-9-10-26-30)28-20(24)19(27-18)16(31)7-6-13-14(22)3-2-4-15(13)23/h2-5,8-11H,6-7H2,1H3,(H2,24,28). The van der Waals surface area contributed by atoms with Crippen molar-refractivity contribution < 1.29 is 13.6 Å². The van der Waals surface area contributed by atoms with Crippen molar-refractivity contribution >= 4 is 11.6 Å². The first kappa shape index (κ1) is 21.0. The number of aryl methyl sites for hydroxylation is 1. The number of anilines is 1. The minimum atomic E-state index is -0.733. The van der Waals surface area contributed by atoms with Gasteiger partial charge in [-0.1, -0.05) is 6.07 Å². The Morgan fingerprint density at radius 2 is 1.75 bits per heavy atom. The predicted octanol–water partition coefficient (Wildman–Crippen LogP) is 2.10. The molecule has 3 aromatic heterocycles. The van der Waals surface area contributed by atoms with Crippen LogP contribution in [0.1, 0.15) is 22.5 Å². The van der Waals surface area contributed by atoms with Gasteiger partial charge in [0.25, 0.3) is 0 Å². The Kier molecular flexibility index (Phi) is 5.54. The van der Waals surface area contributed by atoms with Gasteiger partial charge in [-0.3, -0.25) is 9.59 Å². The van der Waals surface area contributed by atoms with Gasteiger partial charge in [-0.15, -0.1) is 4.80 Å². The lowest BCUT2D eigenvalue weighted by Crippen LogP contribution is -2.17. The number of rotatable bonds is 6. The second-order valence-corrected chi connectivity index (χ2v) is 6.94. The number of Topliss-reactive ketones (excluding diaryl/α,β-unsaturated/α-hetero) is 1. The molecule has 4 rings (SSSR count). The first-order valence-electron chi connectivity index (χ1n) is 9.52. The summed E-state index contributed by atoms with van der Waals surface area (Å²) in [6.07, 6.45) is 3.99. The Labute approximate surface area is 180 Å². The molecule has 4 aromatic rings. The lowest BCUT2D eigenvalue weighted by atomic mass is 10.0. The first-order chi connectivity index (χ1) is 15.3. The summed E-state index contributed by atoms with van der Waals surface area (Å²) < 4.78 is 29.1. The smallest absolute Gasteiger partial charge is 0.250 e. The summed E-state index contributed by atoms with van der Waals surface area (Å²) >= 11 is 0. The van der Waals surface area contributed by atoms with Crippen LogP contribution in [0.2, 0.25) is 0 Å². The van der Waals surface area contributed by atoms with E-state index in [-0.39, 0.29) is 47.0 Å². The fourth-order valence-corrected chi connectivity index (χ4v) is 3.16. The van der Waals surface area contributed by atoms with Crippen molar-refractivity contribution in [2.24, 2.45) is 7.05 Å². The van der Waals surface area contributed by atoms with E-state index < -0.39 is 17.4 Å². The number of aromatic nitrogens is 6. The number of ketones is 1. The molecule has 0 aliphatic carbocycles. The van der Waals surface area contributed by atoms with Crippen molar-refractivity contribution in [1.29, 1.82) is 0 Å². The maximum atomic E-state index is 13.9. The zero-order valence-electron chi connectivity index (χ0n) is 16.9. The molecule has 0 unspecified atom stereocenters. The molecule has 2 N–H and O–H groups in total. The van der Waals surface area contributed by atoms with Crippen molar-refractivity contribution in [1.82, 2.24) is 29.5 Å². The van der Waals surface area contributed by atoms with E-state index in [4.69, 9.17) is 5.73 Å². The van der Waals surface area contributed by atoms with Gasteiger partial charge >= 0.3 is 0 Å². The molecule has 9 nitrogen and oxygen atoms in total. The Morgan fingerprint density at radius 1 is 1.06 bits per heavy atom. The normalized spacial score (nSPS) is 11.0.